The SMILES string of the molecule is Cc1ccc(C(=O)NCCc2cncnc2)cc1C. The van der Waals surface area contributed by atoms with Gasteiger partial charge >= 0.3 is 0 Å². The lowest BCUT2D eigenvalue weighted by molar-refractivity contribution is 0.0954. The third-order valence-corrected chi connectivity index (χ3v) is 3.08. The second-order valence-electron chi connectivity index (χ2n) is 4.55. The molecule has 0 aliphatic heterocycles. The third kappa shape index (κ3) is 3.61. The second-order valence-corrected chi connectivity index (χ2v) is 4.55. The number of aromatic nitrogens is 2. The summed E-state index contributed by atoms with van der Waals surface area (Å²) in [5.74, 6) is -0.0417. The smallest absolute Gasteiger partial charge is 0.251 e. The predicted molar refractivity (Wildman–Crippen MR) is 74.0 cm³/mol. The summed E-state index contributed by atoms with van der Waals surface area (Å²) >= 11 is 0. The number of aryl methyl sites for hydroxylation is 2. The van der Waals surface area contributed by atoms with E-state index in [9.17, 15) is 4.79 Å². The monoisotopic (exact) mass is 255 g/mol. The molecule has 0 bridgehead atoms. The summed E-state index contributed by atoms with van der Waals surface area (Å²) in [6, 6.07) is 5.73. The van der Waals surface area contributed by atoms with Crippen LogP contribution in [0.15, 0.2) is 36.9 Å². The van der Waals surface area contributed by atoms with Crippen LogP contribution in [0.4, 0.5) is 0 Å². The molecule has 1 aromatic heterocycles. The molecule has 2 aromatic rings. The molecule has 0 radical (unpaired) electrons. The highest BCUT2D eigenvalue weighted by atomic mass is 16.1. The van der Waals surface area contributed by atoms with Gasteiger partial charge in [0.25, 0.3) is 5.91 Å². The first-order valence-corrected chi connectivity index (χ1v) is 6.26. The number of carbonyl (C=O) groups is 1. The van der Waals surface area contributed by atoms with Crippen LogP contribution in [-0.4, -0.2) is 22.4 Å². The Kier molecular flexibility index (Phi) is 4.23. The third-order valence-electron chi connectivity index (χ3n) is 3.08. The largest absolute Gasteiger partial charge is 0.352 e. The quantitative estimate of drug-likeness (QED) is 0.910. The van der Waals surface area contributed by atoms with Crippen molar-refractivity contribution in [1.29, 1.82) is 0 Å². The van der Waals surface area contributed by atoms with Crippen molar-refractivity contribution in [3.05, 3.63) is 59.2 Å². The van der Waals surface area contributed by atoms with E-state index in [1.54, 1.807) is 12.4 Å². The first-order chi connectivity index (χ1) is 9.16. The summed E-state index contributed by atoms with van der Waals surface area (Å²) in [6.07, 6.45) is 5.75. The predicted octanol–water partition coefficient (Wildman–Crippen LogP) is 2.07. The summed E-state index contributed by atoms with van der Waals surface area (Å²) in [5.41, 5.74) is 4.04. The van der Waals surface area contributed by atoms with Crippen LogP contribution >= 0.6 is 0 Å². The summed E-state index contributed by atoms with van der Waals surface area (Å²) < 4.78 is 0. The van der Waals surface area contributed by atoms with Crippen LogP contribution in [0.3, 0.4) is 0 Å². The molecule has 0 saturated heterocycles. The van der Waals surface area contributed by atoms with Crippen molar-refractivity contribution in [3.63, 3.8) is 0 Å². The number of rotatable bonds is 4. The maximum Gasteiger partial charge on any atom is 0.251 e. The van der Waals surface area contributed by atoms with Gasteiger partial charge in [0.2, 0.25) is 0 Å². The van der Waals surface area contributed by atoms with Gasteiger partial charge in [0.1, 0.15) is 6.33 Å². The van der Waals surface area contributed by atoms with Crippen molar-refractivity contribution >= 4 is 5.91 Å². The van der Waals surface area contributed by atoms with Gasteiger partial charge in [-0.15, -0.1) is 0 Å². The molecule has 4 heteroatoms. The lowest BCUT2D eigenvalue weighted by Gasteiger charge is -2.07. The molecule has 1 N–H and O–H groups in total. The Morgan fingerprint density at radius 3 is 2.58 bits per heavy atom. The first-order valence-electron chi connectivity index (χ1n) is 6.26. The molecular weight excluding hydrogens is 238 g/mol. The van der Waals surface area contributed by atoms with Gasteiger partial charge < -0.3 is 5.32 Å². The van der Waals surface area contributed by atoms with Crippen LogP contribution in [0.5, 0.6) is 0 Å². The molecule has 0 fully saturated rings. The van der Waals surface area contributed by atoms with Crippen molar-refractivity contribution in [2.24, 2.45) is 0 Å². The fourth-order valence-corrected chi connectivity index (χ4v) is 1.76. The highest BCUT2D eigenvalue weighted by molar-refractivity contribution is 5.94. The lowest BCUT2D eigenvalue weighted by atomic mass is 10.1. The molecule has 0 spiro atoms. The van der Waals surface area contributed by atoms with Gasteiger partial charge in [-0.3, -0.25) is 4.79 Å². The average Bonchev–Trinajstić information content (AvgIpc) is 2.43. The fraction of sp³-hybridized carbons (Fsp3) is 0.267. The Bertz CT molecular complexity index is 567. The average molecular weight is 255 g/mol. The molecule has 0 aliphatic rings. The van der Waals surface area contributed by atoms with E-state index in [1.807, 2.05) is 32.0 Å². The molecule has 0 unspecified atom stereocenters. The van der Waals surface area contributed by atoms with Crippen LogP contribution in [0, 0.1) is 13.8 Å². The van der Waals surface area contributed by atoms with Crippen molar-refractivity contribution in [2.45, 2.75) is 20.3 Å². The Hall–Kier alpha value is -2.23. The Balaban J connectivity index is 1.89. The van der Waals surface area contributed by atoms with Crippen LogP contribution in [-0.2, 0) is 6.42 Å². The van der Waals surface area contributed by atoms with E-state index in [2.05, 4.69) is 15.3 Å². The topological polar surface area (TPSA) is 54.9 Å². The Morgan fingerprint density at radius 2 is 1.89 bits per heavy atom. The minimum atomic E-state index is -0.0417. The molecule has 2 rings (SSSR count). The summed E-state index contributed by atoms with van der Waals surface area (Å²) in [4.78, 5) is 19.8. The Morgan fingerprint density at radius 1 is 1.16 bits per heavy atom. The molecule has 4 nitrogen and oxygen atoms in total. The molecule has 1 heterocycles. The number of hydrogen-bond donors (Lipinski definition) is 1. The summed E-state index contributed by atoms with van der Waals surface area (Å²) in [5, 5.41) is 2.90. The standard InChI is InChI=1S/C15H17N3O/c1-11-3-4-14(7-12(11)2)15(19)18-6-5-13-8-16-10-17-9-13/h3-4,7-10H,5-6H2,1-2H3,(H,18,19). The van der Waals surface area contributed by atoms with Crippen LogP contribution in [0.1, 0.15) is 27.0 Å². The molecule has 98 valence electrons. The van der Waals surface area contributed by atoms with Gasteiger partial charge in [0.05, 0.1) is 0 Å². The van der Waals surface area contributed by atoms with E-state index in [-0.39, 0.29) is 5.91 Å². The molecule has 19 heavy (non-hydrogen) atoms. The van der Waals surface area contributed by atoms with E-state index in [0.717, 1.165) is 17.5 Å². The van der Waals surface area contributed by atoms with Gasteiger partial charge in [0.15, 0.2) is 0 Å². The summed E-state index contributed by atoms with van der Waals surface area (Å²) in [6.45, 7) is 4.62. The van der Waals surface area contributed by atoms with Gasteiger partial charge in [-0.05, 0) is 49.1 Å². The van der Waals surface area contributed by atoms with Gasteiger partial charge in [-0.2, -0.15) is 0 Å². The number of carbonyl (C=O) groups excluding carboxylic acids is 1. The highest BCUT2D eigenvalue weighted by Crippen LogP contribution is 2.09. The maximum atomic E-state index is 12.0. The van der Waals surface area contributed by atoms with Gasteiger partial charge in [-0.25, -0.2) is 9.97 Å². The second kappa shape index (κ2) is 6.09. The van der Waals surface area contributed by atoms with E-state index in [1.165, 1.54) is 11.9 Å². The zero-order valence-corrected chi connectivity index (χ0v) is 11.2. The molecule has 1 aromatic carbocycles. The minimum absolute atomic E-state index is 0.0417. The van der Waals surface area contributed by atoms with Crippen LogP contribution in [0.25, 0.3) is 0 Å². The maximum absolute atomic E-state index is 12.0. The van der Waals surface area contributed by atoms with E-state index >= 15 is 0 Å². The highest BCUT2D eigenvalue weighted by Gasteiger charge is 2.05. The normalized spacial score (nSPS) is 10.2. The van der Waals surface area contributed by atoms with Gasteiger partial charge in [-0.1, -0.05) is 6.07 Å². The number of nitrogens with one attached hydrogen (secondary N) is 1. The molecule has 0 saturated carbocycles. The first kappa shape index (κ1) is 13.2. The van der Waals surface area contributed by atoms with Gasteiger partial charge in [0, 0.05) is 24.5 Å². The zero-order chi connectivity index (χ0) is 13.7. The number of amides is 1. The van der Waals surface area contributed by atoms with E-state index in [4.69, 9.17) is 0 Å². The zero-order valence-electron chi connectivity index (χ0n) is 11.2. The van der Waals surface area contributed by atoms with Crippen molar-refractivity contribution in [1.82, 2.24) is 15.3 Å². The number of nitrogens with zero attached hydrogens (tertiary/aromatic N) is 2. The van der Waals surface area contributed by atoms with E-state index < -0.39 is 0 Å². The summed E-state index contributed by atoms with van der Waals surface area (Å²) in [7, 11) is 0. The molecule has 0 aliphatic carbocycles. The van der Waals surface area contributed by atoms with Crippen LogP contribution in [0.2, 0.25) is 0 Å². The van der Waals surface area contributed by atoms with Crippen molar-refractivity contribution < 1.29 is 4.79 Å². The molecule has 0 atom stereocenters. The van der Waals surface area contributed by atoms with E-state index in [0.29, 0.717) is 12.1 Å². The number of hydrogen-bond acceptors (Lipinski definition) is 3. The molecule has 1 amide bonds. The minimum Gasteiger partial charge on any atom is -0.352 e. The van der Waals surface area contributed by atoms with Crippen molar-refractivity contribution in [3.8, 4) is 0 Å². The fourth-order valence-electron chi connectivity index (χ4n) is 1.76. The molecular formula is C15H17N3O. The van der Waals surface area contributed by atoms with Crippen LogP contribution < -0.4 is 5.32 Å². The Labute approximate surface area is 112 Å². The number of benzene rings is 1. The lowest BCUT2D eigenvalue weighted by Crippen LogP contribution is -2.25. The van der Waals surface area contributed by atoms with Crippen molar-refractivity contribution in [2.75, 3.05) is 6.54 Å².